The number of aryl methyl sites for hydroxylation is 2. The van der Waals surface area contributed by atoms with Crippen molar-refractivity contribution in [2.75, 3.05) is 5.32 Å². The molecule has 1 aromatic carbocycles. The van der Waals surface area contributed by atoms with Crippen molar-refractivity contribution >= 4 is 22.4 Å². The highest BCUT2D eigenvalue weighted by Crippen LogP contribution is 2.33. The zero-order valence-electron chi connectivity index (χ0n) is 13.0. The predicted molar refractivity (Wildman–Crippen MR) is 88.5 cm³/mol. The lowest BCUT2D eigenvalue weighted by Crippen LogP contribution is -2.12. The number of hydrogen-bond donors (Lipinski definition) is 1. The summed E-state index contributed by atoms with van der Waals surface area (Å²) in [5.41, 5.74) is 1.92. The molecule has 1 amide bonds. The summed E-state index contributed by atoms with van der Waals surface area (Å²) in [5, 5.41) is 3.06. The van der Waals surface area contributed by atoms with Gasteiger partial charge in [-0.05, 0) is 25.5 Å². The third-order valence-electron chi connectivity index (χ3n) is 3.49. The summed E-state index contributed by atoms with van der Waals surface area (Å²) in [6, 6.07) is 7.18. The first-order valence-corrected chi connectivity index (χ1v) is 7.95. The molecular formula is C16H14F2N4OS. The van der Waals surface area contributed by atoms with Crippen molar-refractivity contribution in [3.05, 3.63) is 53.5 Å². The fraction of sp³-hybridized carbons (Fsp3) is 0.188. The Morgan fingerprint density at radius 3 is 2.75 bits per heavy atom. The van der Waals surface area contributed by atoms with Crippen LogP contribution in [0.15, 0.2) is 36.7 Å². The van der Waals surface area contributed by atoms with Gasteiger partial charge >= 0.3 is 6.55 Å². The summed E-state index contributed by atoms with van der Waals surface area (Å²) in [6.07, 6.45) is 2.52. The molecule has 0 spiro atoms. The van der Waals surface area contributed by atoms with E-state index in [-0.39, 0.29) is 11.7 Å². The lowest BCUT2D eigenvalue weighted by molar-refractivity contribution is 0.0720. The summed E-state index contributed by atoms with van der Waals surface area (Å²) in [6.45, 7) is 0.848. The SMILES string of the molecule is Cc1ccccc1C(=O)Nc1nc(C)c(-c2nccn2C(F)F)s1. The number of alkyl halides is 2. The quantitative estimate of drug-likeness (QED) is 0.766. The van der Waals surface area contributed by atoms with Crippen LogP contribution in [0.1, 0.15) is 28.2 Å². The van der Waals surface area contributed by atoms with Crippen LogP contribution in [-0.2, 0) is 0 Å². The number of nitrogens with zero attached hydrogens (tertiary/aromatic N) is 3. The van der Waals surface area contributed by atoms with Crippen molar-refractivity contribution in [1.82, 2.24) is 14.5 Å². The van der Waals surface area contributed by atoms with Crippen molar-refractivity contribution in [2.45, 2.75) is 20.4 Å². The van der Waals surface area contributed by atoms with Crippen LogP contribution in [0.5, 0.6) is 0 Å². The Balaban J connectivity index is 1.88. The van der Waals surface area contributed by atoms with E-state index >= 15 is 0 Å². The number of aromatic nitrogens is 3. The molecule has 0 radical (unpaired) electrons. The Bertz CT molecular complexity index is 888. The van der Waals surface area contributed by atoms with Gasteiger partial charge in [0.25, 0.3) is 5.91 Å². The minimum Gasteiger partial charge on any atom is -0.298 e. The number of amides is 1. The van der Waals surface area contributed by atoms with Gasteiger partial charge in [-0.15, -0.1) is 0 Å². The first-order chi connectivity index (χ1) is 11.5. The molecule has 2 heterocycles. The average Bonchev–Trinajstić information content (AvgIpc) is 3.14. The molecule has 0 fully saturated rings. The molecule has 0 saturated heterocycles. The molecule has 0 aliphatic carbocycles. The fourth-order valence-corrected chi connectivity index (χ4v) is 3.26. The lowest BCUT2D eigenvalue weighted by Gasteiger charge is -2.05. The number of anilines is 1. The Hall–Kier alpha value is -2.61. The number of carbonyl (C=O) groups is 1. The number of imidazole rings is 1. The van der Waals surface area contributed by atoms with Crippen LogP contribution in [0.4, 0.5) is 13.9 Å². The van der Waals surface area contributed by atoms with E-state index in [1.54, 1.807) is 19.1 Å². The molecule has 1 N–H and O–H groups in total. The first-order valence-electron chi connectivity index (χ1n) is 7.13. The van der Waals surface area contributed by atoms with Crippen molar-refractivity contribution in [3.8, 4) is 10.7 Å². The zero-order valence-corrected chi connectivity index (χ0v) is 13.8. The molecule has 3 aromatic rings. The molecule has 24 heavy (non-hydrogen) atoms. The van der Waals surface area contributed by atoms with Crippen LogP contribution in [0.25, 0.3) is 10.7 Å². The van der Waals surface area contributed by atoms with Crippen molar-refractivity contribution < 1.29 is 13.6 Å². The van der Waals surface area contributed by atoms with E-state index in [4.69, 9.17) is 0 Å². The predicted octanol–water partition coefficient (Wildman–Crippen LogP) is 4.27. The molecule has 0 bridgehead atoms. The minimum absolute atomic E-state index is 0.136. The van der Waals surface area contributed by atoms with Gasteiger partial charge in [0.15, 0.2) is 11.0 Å². The molecule has 0 aliphatic heterocycles. The average molecular weight is 348 g/mol. The molecule has 2 aromatic heterocycles. The third kappa shape index (κ3) is 3.05. The Morgan fingerprint density at radius 1 is 1.29 bits per heavy atom. The molecule has 0 saturated carbocycles. The molecular weight excluding hydrogens is 334 g/mol. The zero-order chi connectivity index (χ0) is 17.3. The molecule has 124 valence electrons. The molecule has 5 nitrogen and oxygen atoms in total. The van der Waals surface area contributed by atoms with Gasteiger partial charge in [-0.25, -0.2) is 9.97 Å². The van der Waals surface area contributed by atoms with Crippen LogP contribution in [0.3, 0.4) is 0 Å². The summed E-state index contributed by atoms with van der Waals surface area (Å²) in [4.78, 5) is 21.1. The Morgan fingerprint density at radius 2 is 2.04 bits per heavy atom. The van der Waals surface area contributed by atoms with E-state index < -0.39 is 6.55 Å². The Labute approximate surface area is 141 Å². The molecule has 8 heteroatoms. The maximum atomic E-state index is 13.0. The van der Waals surface area contributed by atoms with E-state index in [1.807, 2.05) is 19.1 Å². The van der Waals surface area contributed by atoms with E-state index in [9.17, 15) is 13.6 Å². The number of hydrogen-bond acceptors (Lipinski definition) is 4. The first kappa shape index (κ1) is 16.3. The monoisotopic (exact) mass is 348 g/mol. The van der Waals surface area contributed by atoms with E-state index in [2.05, 4.69) is 15.3 Å². The summed E-state index contributed by atoms with van der Waals surface area (Å²) >= 11 is 1.12. The second kappa shape index (κ2) is 6.48. The lowest BCUT2D eigenvalue weighted by atomic mass is 10.1. The molecule has 0 unspecified atom stereocenters. The van der Waals surface area contributed by atoms with Gasteiger partial charge in [0, 0.05) is 18.0 Å². The number of carbonyl (C=O) groups excluding carboxylic acids is 1. The van der Waals surface area contributed by atoms with Crippen LogP contribution < -0.4 is 5.32 Å². The summed E-state index contributed by atoms with van der Waals surface area (Å²) in [5.74, 6) is -0.151. The smallest absolute Gasteiger partial charge is 0.298 e. The highest BCUT2D eigenvalue weighted by molar-refractivity contribution is 7.19. The standard InChI is InChI=1S/C16H14F2N4OS/c1-9-5-3-4-6-11(9)14(23)21-16-20-10(2)12(24-16)13-19-7-8-22(13)15(17)18/h3-8,15H,1-2H3,(H,20,21,23). The largest absolute Gasteiger partial charge is 0.320 e. The van der Waals surface area contributed by atoms with Gasteiger partial charge in [0.05, 0.1) is 10.6 Å². The van der Waals surface area contributed by atoms with Crippen molar-refractivity contribution in [2.24, 2.45) is 0 Å². The number of rotatable bonds is 4. The van der Waals surface area contributed by atoms with Crippen molar-refractivity contribution in [3.63, 3.8) is 0 Å². The van der Waals surface area contributed by atoms with Gasteiger partial charge in [-0.2, -0.15) is 8.78 Å². The molecule has 0 aliphatic rings. The van der Waals surface area contributed by atoms with Crippen molar-refractivity contribution in [1.29, 1.82) is 0 Å². The van der Waals surface area contributed by atoms with Crippen LogP contribution in [-0.4, -0.2) is 20.4 Å². The number of halogens is 2. The second-order valence-electron chi connectivity index (χ2n) is 5.14. The maximum absolute atomic E-state index is 13.0. The fourth-order valence-electron chi connectivity index (χ4n) is 2.30. The Kier molecular flexibility index (Phi) is 4.39. The molecule has 0 atom stereocenters. The van der Waals surface area contributed by atoms with E-state index in [0.717, 1.165) is 21.5 Å². The van der Waals surface area contributed by atoms with Crippen LogP contribution in [0.2, 0.25) is 0 Å². The summed E-state index contributed by atoms with van der Waals surface area (Å²) in [7, 11) is 0. The van der Waals surface area contributed by atoms with E-state index in [0.29, 0.717) is 21.3 Å². The third-order valence-corrected chi connectivity index (χ3v) is 4.56. The number of thiazole rings is 1. The van der Waals surface area contributed by atoms with Gasteiger partial charge in [-0.1, -0.05) is 29.5 Å². The number of nitrogens with one attached hydrogen (secondary N) is 1. The van der Waals surface area contributed by atoms with Gasteiger partial charge < -0.3 is 0 Å². The van der Waals surface area contributed by atoms with Crippen LogP contribution in [0, 0.1) is 13.8 Å². The summed E-state index contributed by atoms with van der Waals surface area (Å²) < 4.78 is 26.8. The number of benzene rings is 1. The van der Waals surface area contributed by atoms with E-state index in [1.165, 1.54) is 12.4 Å². The van der Waals surface area contributed by atoms with Gasteiger partial charge in [-0.3, -0.25) is 14.7 Å². The maximum Gasteiger partial charge on any atom is 0.320 e. The second-order valence-corrected chi connectivity index (χ2v) is 6.14. The molecule has 3 rings (SSSR count). The topological polar surface area (TPSA) is 59.8 Å². The highest BCUT2D eigenvalue weighted by atomic mass is 32.1. The van der Waals surface area contributed by atoms with Gasteiger partial charge in [0.1, 0.15) is 0 Å². The highest BCUT2D eigenvalue weighted by Gasteiger charge is 2.19. The normalized spacial score (nSPS) is 11.0. The van der Waals surface area contributed by atoms with Crippen LogP contribution >= 0.6 is 11.3 Å². The van der Waals surface area contributed by atoms with Gasteiger partial charge in [0.2, 0.25) is 0 Å². The minimum atomic E-state index is -2.69.